The predicted octanol–water partition coefficient (Wildman–Crippen LogP) is 3.12. The first-order valence-corrected chi connectivity index (χ1v) is 6.17. The maximum Gasteiger partial charge on any atom is 0.122 e. The molecule has 17 heavy (non-hydrogen) atoms. The number of benzene rings is 2. The van der Waals surface area contributed by atoms with E-state index in [1.165, 1.54) is 16.7 Å². The molecule has 2 aliphatic rings. The van der Waals surface area contributed by atoms with E-state index < -0.39 is 0 Å². The first-order chi connectivity index (χ1) is 8.37. The van der Waals surface area contributed by atoms with E-state index in [9.17, 15) is 0 Å². The molecule has 0 saturated carbocycles. The van der Waals surface area contributed by atoms with Crippen molar-refractivity contribution in [2.45, 2.75) is 18.3 Å². The highest BCUT2D eigenvalue weighted by Crippen LogP contribution is 2.47. The summed E-state index contributed by atoms with van der Waals surface area (Å²) < 4.78 is 5.94. The Bertz CT molecular complexity index is 588. The molecule has 1 aliphatic carbocycles. The third-order valence-electron chi connectivity index (χ3n) is 4.12. The Labute approximate surface area is 101 Å². The Morgan fingerprint density at radius 2 is 1.53 bits per heavy atom. The molecule has 84 valence electrons. The van der Waals surface area contributed by atoms with Crippen LogP contribution in [0.4, 0.5) is 0 Å². The van der Waals surface area contributed by atoms with Crippen LogP contribution in [0.1, 0.15) is 16.7 Å². The fourth-order valence-electron chi connectivity index (χ4n) is 3.25. The third kappa shape index (κ3) is 1.20. The molecular weight excluding hydrogens is 208 g/mol. The lowest BCUT2D eigenvalue weighted by Gasteiger charge is -2.46. The Morgan fingerprint density at radius 3 is 2.41 bits per heavy atom. The molecule has 0 radical (unpaired) electrons. The summed E-state index contributed by atoms with van der Waals surface area (Å²) in [6, 6.07) is 17.2. The van der Waals surface area contributed by atoms with Crippen LogP contribution < -0.4 is 4.74 Å². The van der Waals surface area contributed by atoms with Crippen LogP contribution in [0.2, 0.25) is 0 Å². The van der Waals surface area contributed by atoms with Crippen LogP contribution in [0.25, 0.3) is 0 Å². The molecule has 1 spiro atoms. The summed E-state index contributed by atoms with van der Waals surface area (Å²) >= 11 is 0. The summed E-state index contributed by atoms with van der Waals surface area (Å²) in [5.41, 5.74) is 4.60. The van der Waals surface area contributed by atoms with Crippen LogP contribution in [-0.4, -0.2) is 6.61 Å². The van der Waals surface area contributed by atoms with Crippen molar-refractivity contribution in [2.75, 3.05) is 6.61 Å². The molecule has 0 saturated heterocycles. The second-order valence-corrected chi connectivity index (χ2v) is 5.19. The maximum absolute atomic E-state index is 5.94. The van der Waals surface area contributed by atoms with Gasteiger partial charge in [0.1, 0.15) is 5.75 Å². The van der Waals surface area contributed by atoms with E-state index in [0.717, 1.165) is 25.2 Å². The normalized spacial score (nSPS) is 24.5. The van der Waals surface area contributed by atoms with Gasteiger partial charge in [-0.15, -0.1) is 0 Å². The van der Waals surface area contributed by atoms with Crippen molar-refractivity contribution in [2.24, 2.45) is 0 Å². The highest BCUT2D eigenvalue weighted by molar-refractivity contribution is 5.50. The largest absolute Gasteiger partial charge is 0.492 e. The Kier molecular flexibility index (Phi) is 1.71. The van der Waals surface area contributed by atoms with Crippen molar-refractivity contribution in [3.8, 4) is 5.75 Å². The molecule has 2 aromatic carbocycles. The fourth-order valence-corrected chi connectivity index (χ4v) is 3.25. The van der Waals surface area contributed by atoms with Crippen LogP contribution in [0, 0.1) is 0 Å². The number of rotatable bonds is 0. The molecule has 0 amide bonds. The monoisotopic (exact) mass is 222 g/mol. The minimum absolute atomic E-state index is 0.255. The first kappa shape index (κ1) is 9.29. The van der Waals surface area contributed by atoms with Gasteiger partial charge in [0, 0.05) is 5.41 Å². The molecule has 0 N–H and O–H groups in total. The van der Waals surface area contributed by atoms with Gasteiger partial charge < -0.3 is 4.74 Å². The van der Waals surface area contributed by atoms with E-state index in [-0.39, 0.29) is 5.41 Å². The Balaban J connectivity index is 1.77. The molecule has 0 bridgehead atoms. The number of fused-ring (bicyclic) bond motifs is 3. The Hall–Kier alpha value is -1.76. The molecule has 0 fully saturated rings. The lowest BCUT2D eigenvalue weighted by Crippen LogP contribution is -2.48. The summed E-state index contributed by atoms with van der Waals surface area (Å²) in [5.74, 6) is 1.07. The van der Waals surface area contributed by atoms with E-state index in [0.29, 0.717) is 0 Å². The predicted molar refractivity (Wildman–Crippen MR) is 67.5 cm³/mol. The van der Waals surface area contributed by atoms with Gasteiger partial charge in [0.25, 0.3) is 0 Å². The molecule has 1 heterocycles. The van der Waals surface area contributed by atoms with E-state index in [1.807, 2.05) is 6.07 Å². The number of ether oxygens (including phenoxy) is 1. The lowest BCUT2D eigenvalue weighted by molar-refractivity contribution is 0.167. The lowest BCUT2D eigenvalue weighted by atomic mass is 9.61. The summed E-state index contributed by atoms with van der Waals surface area (Å²) in [6.45, 7) is 0.834. The average Bonchev–Trinajstić information content (AvgIpc) is 2.38. The quantitative estimate of drug-likeness (QED) is 0.665. The molecule has 1 unspecified atom stereocenters. The zero-order valence-corrected chi connectivity index (χ0v) is 9.65. The van der Waals surface area contributed by atoms with Gasteiger partial charge >= 0.3 is 0 Å². The topological polar surface area (TPSA) is 9.23 Å². The van der Waals surface area contributed by atoms with Crippen molar-refractivity contribution >= 4 is 0 Å². The van der Waals surface area contributed by atoms with Gasteiger partial charge in [-0.05, 0) is 35.6 Å². The highest BCUT2D eigenvalue weighted by atomic mass is 16.5. The zero-order valence-electron chi connectivity index (χ0n) is 9.65. The van der Waals surface area contributed by atoms with Crippen LogP contribution >= 0.6 is 0 Å². The van der Waals surface area contributed by atoms with Crippen molar-refractivity contribution < 1.29 is 4.74 Å². The van der Waals surface area contributed by atoms with Gasteiger partial charge in [-0.3, -0.25) is 0 Å². The summed E-state index contributed by atoms with van der Waals surface area (Å²) in [7, 11) is 0. The highest BCUT2D eigenvalue weighted by Gasteiger charge is 2.45. The van der Waals surface area contributed by atoms with Gasteiger partial charge in [-0.1, -0.05) is 42.5 Å². The summed E-state index contributed by atoms with van der Waals surface area (Å²) in [5, 5.41) is 0. The standard InChI is InChI=1S/C16H14O/c1-3-7-14-12(5-1)9-16(14)10-13-6-2-4-8-15(13)17-11-16/h1-8H,9-11H2. The van der Waals surface area contributed by atoms with Crippen molar-refractivity contribution in [3.05, 3.63) is 65.2 Å². The van der Waals surface area contributed by atoms with Gasteiger partial charge in [-0.25, -0.2) is 0 Å². The number of hydrogen-bond donors (Lipinski definition) is 0. The van der Waals surface area contributed by atoms with Gasteiger partial charge in [0.15, 0.2) is 0 Å². The molecule has 1 nitrogen and oxygen atoms in total. The maximum atomic E-state index is 5.94. The van der Waals surface area contributed by atoms with Crippen molar-refractivity contribution in [1.82, 2.24) is 0 Å². The van der Waals surface area contributed by atoms with Crippen molar-refractivity contribution in [1.29, 1.82) is 0 Å². The minimum atomic E-state index is 0.255. The second-order valence-electron chi connectivity index (χ2n) is 5.19. The average molecular weight is 222 g/mol. The van der Waals surface area contributed by atoms with E-state index >= 15 is 0 Å². The van der Waals surface area contributed by atoms with Crippen molar-refractivity contribution in [3.63, 3.8) is 0 Å². The number of para-hydroxylation sites is 1. The third-order valence-corrected chi connectivity index (χ3v) is 4.12. The van der Waals surface area contributed by atoms with Crippen LogP contribution in [-0.2, 0) is 18.3 Å². The molecule has 4 rings (SSSR count). The van der Waals surface area contributed by atoms with Gasteiger partial charge in [0.2, 0.25) is 0 Å². The van der Waals surface area contributed by atoms with Gasteiger partial charge in [0.05, 0.1) is 6.61 Å². The van der Waals surface area contributed by atoms with E-state index in [1.54, 1.807) is 0 Å². The fraction of sp³-hybridized carbons (Fsp3) is 0.250. The second kappa shape index (κ2) is 3.13. The molecule has 1 atom stereocenters. The molecular formula is C16H14O. The smallest absolute Gasteiger partial charge is 0.122 e. The summed E-state index contributed by atoms with van der Waals surface area (Å²) in [6.07, 6.45) is 2.29. The molecule has 2 aromatic rings. The first-order valence-electron chi connectivity index (χ1n) is 6.17. The summed E-state index contributed by atoms with van der Waals surface area (Å²) in [4.78, 5) is 0. The zero-order chi connectivity index (χ0) is 11.3. The van der Waals surface area contributed by atoms with Gasteiger partial charge in [-0.2, -0.15) is 0 Å². The van der Waals surface area contributed by atoms with Crippen LogP contribution in [0.5, 0.6) is 5.75 Å². The number of hydrogen-bond acceptors (Lipinski definition) is 1. The minimum Gasteiger partial charge on any atom is -0.492 e. The molecule has 1 heteroatoms. The van der Waals surface area contributed by atoms with E-state index in [2.05, 4.69) is 42.5 Å². The molecule has 0 aromatic heterocycles. The molecule has 1 aliphatic heterocycles. The van der Waals surface area contributed by atoms with Crippen LogP contribution in [0.3, 0.4) is 0 Å². The van der Waals surface area contributed by atoms with E-state index in [4.69, 9.17) is 4.74 Å². The van der Waals surface area contributed by atoms with Crippen LogP contribution in [0.15, 0.2) is 48.5 Å². The Morgan fingerprint density at radius 1 is 0.824 bits per heavy atom. The SMILES string of the molecule is c1ccc2c(c1)CC1(CO2)Cc2ccccc21.